The van der Waals surface area contributed by atoms with Gasteiger partial charge in [0.1, 0.15) is 0 Å². The van der Waals surface area contributed by atoms with E-state index in [1.54, 1.807) is 38.3 Å². The van der Waals surface area contributed by atoms with Crippen LogP contribution < -0.4 is 20.1 Å². The lowest BCUT2D eigenvalue weighted by Gasteiger charge is -2.22. The minimum absolute atomic E-state index is 0.00149. The Morgan fingerprint density at radius 1 is 1.07 bits per heavy atom. The van der Waals surface area contributed by atoms with Gasteiger partial charge in [-0.25, -0.2) is 0 Å². The van der Waals surface area contributed by atoms with Gasteiger partial charge < -0.3 is 25.0 Å². The van der Waals surface area contributed by atoms with Crippen LogP contribution in [0, 0.1) is 0 Å². The Morgan fingerprint density at radius 3 is 2.39 bits per heavy atom. The van der Waals surface area contributed by atoms with Gasteiger partial charge in [0.2, 0.25) is 5.91 Å². The van der Waals surface area contributed by atoms with Gasteiger partial charge in [-0.2, -0.15) is 0 Å². The van der Waals surface area contributed by atoms with Crippen LogP contribution in [0.4, 0.5) is 5.69 Å². The Morgan fingerprint density at radius 2 is 1.79 bits per heavy atom. The molecule has 7 heteroatoms. The van der Waals surface area contributed by atoms with Crippen molar-refractivity contribution in [2.45, 2.75) is 13.5 Å². The van der Waals surface area contributed by atoms with E-state index in [-0.39, 0.29) is 12.5 Å². The van der Waals surface area contributed by atoms with Crippen molar-refractivity contribution in [1.29, 1.82) is 0 Å². The summed E-state index contributed by atoms with van der Waals surface area (Å²) in [7, 11) is 4.83. The van der Waals surface area contributed by atoms with Gasteiger partial charge in [-0.1, -0.05) is 30.3 Å². The largest absolute Gasteiger partial charge is 0.493 e. The van der Waals surface area contributed by atoms with E-state index in [9.17, 15) is 4.79 Å². The molecule has 0 radical (unpaired) electrons. The van der Waals surface area contributed by atoms with E-state index in [1.165, 1.54) is 0 Å². The fourth-order valence-electron chi connectivity index (χ4n) is 2.68. The summed E-state index contributed by atoms with van der Waals surface area (Å²) in [5.41, 5.74) is 1.88. The molecular formula is C21H28N4O3. The molecule has 2 aromatic carbocycles. The monoisotopic (exact) mass is 384 g/mol. The Labute approximate surface area is 166 Å². The molecule has 0 heterocycles. The average Bonchev–Trinajstić information content (AvgIpc) is 2.75. The van der Waals surface area contributed by atoms with E-state index in [0.717, 1.165) is 11.3 Å². The molecule has 0 saturated heterocycles. The zero-order valence-electron chi connectivity index (χ0n) is 16.9. The molecule has 0 unspecified atom stereocenters. The van der Waals surface area contributed by atoms with E-state index in [1.807, 2.05) is 43.3 Å². The minimum Gasteiger partial charge on any atom is -0.493 e. The first kappa shape index (κ1) is 21.1. The number of guanidine groups is 1. The first-order valence-corrected chi connectivity index (χ1v) is 9.12. The number of methoxy groups -OCH3 is 2. The molecule has 0 spiro atoms. The van der Waals surface area contributed by atoms with Crippen molar-refractivity contribution in [2.75, 3.05) is 39.7 Å². The van der Waals surface area contributed by atoms with Gasteiger partial charge in [0.15, 0.2) is 17.5 Å². The fraction of sp³-hybridized carbons (Fsp3) is 0.333. The second kappa shape index (κ2) is 10.8. The van der Waals surface area contributed by atoms with Crippen molar-refractivity contribution < 1.29 is 14.3 Å². The zero-order valence-corrected chi connectivity index (χ0v) is 16.9. The van der Waals surface area contributed by atoms with Gasteiger partial charge in [-0.15, -0.1) is 0 Å². The SMILES string of the molecule is CCN(Cc1ccccc1)C(=O)CNC(=NC)Nc1ccc(OC)c(OC)c1. The number of amides is 1. The number of likely N-dealkylation sites (N-methyl/N-ethyl adjacent to an activating group) is 1. The molecule has 150 valence electrons. The molecule has 0 aliphatic rings. The predicted molar refractivity (Wildman–Crippen MR) is 112 cm³/mol. The number of hydrogen-bond acceptors (Lipinski definition) is 4. The molecule has 0 saturated carbocycles. The van der Waals surface area contributed by atoms with E-state index >= 15 is 0 Å². The molecule has 0 aliphatic heterocycles. The van der Waals surface area contributed by atoms with Gasteiger partial charge >= 0.3 is 0 Å². The number of anilines is 1. The number of hydrogen-bond donors (Lipinski definition) is 2. The van der Waals surface area contributed by atoms with Gasteiger partial charge in [0.05, 0.1) is 20.8 Å². The van der Waals surface area contributed by atoms with Gasteiger partial charge in [0, 0.05) is 31.9 Å². The summed E-state index contributed by atoms with van der Waals surface area (Å²) in [5.74, 6) is 1.75. The zero-order chi connectivity index (χ0) is 20.4. The van der Waals surface area contributed by atoms with Crippen LogP contribution in [-0.2, 0) is 11.3 Å². The molecule has 2 rings (SSSR count). The lowest BCUT2D eigenvalue weighted by atomic mass is 10.2. The van der Waals surface area contributed by atoms with Gasteiger partial charge in [-0.3, -0.25) is 9.79 Å². The van der Waals surface area contributed by atoms with Crippen LogP contribution in [0.2, 0.25) is 0 Å². The predicted octanol–water partition coefficient (Wildman–Crippen LogP) is 2.74. The summed E-state index contributed by atoms with van der Waals surface area (Å²) in [6.07, 6.45) is 0. The molecule has 0 fully saturated rings. The highest BCUT2D eigenvalue weighted by Crippen LogP contribution is 2.29. The normalized spacial score (nSPS) is 10.9. The summed E-state index contributed by atoms with van der Waals surface area (Å²) in [6.45, 7) is 3.34. The molecule has 7 nitrogen and oxygen atoms in total. The minimum atomic E-state index is 0.00149. The van der Waals surface area contributed by atoms with Crippen molar-refractivity contribution in [3.63, 3.8) is 0 Å². The van der Waals surface area contributed by atoms with Crippen LogP contribution in [0.5, 0.6) is 11.5 Å². The number of ether oxygens (including phenoxy) is 2. The Kier molecular flexibility index (Phi) is 8.14. The number of nitrogens with zero attached hydrogens (tertiary/aromatic N) is 2. The third-order valence-corrected chi connectivity index (χ3v) is 4.23. The molecule has 28 heavy (non-hydrogen) atoms. The topological polar surface area (TPSA) is 75.2 Å². The van der Waals surface area contributed by atoms with E-state index in [0.29, 0.717) is 30.5 Å². The van der Waals surface area contributed by atoms with Crippen LogP contribution in [-0.4, -0.2) is 51.1 Å². The lowest BCUT2D eigenvalue weighted by Crippen LogP contribution is -2.41. The van der Waals surface area contributed by atoms with E-state index < -0.39 is 0 Å². The van der Waals surface area contributed by atoms with Gasteiger partial charge in [0.25, 0.3) is 0 Å². The molecule has 0 atom stereocenters. The van der Waals surface area contributed by atoms with Crippen molar-refractivity contribution in [3.05, 3.63) is 54.1 Å². The summed E-state index contributed by atoms with van der Waals surface area (Å²) in [4.78, 5) is 18.6. The number of aliphatic imine (C=N–C) groups is 1. The smallest absolute Gasteiger partial charge is 0.242 e. The van der Waals surface area contributed by atoms with Crippen LogP contribution in [0.3, 0.4) is 0 Å². The maximum atomic E-state index is 12.6. The van der Waals surface area contributed by atoms with Crippen molar-refractivity contribution in [2.24, 2.45) is 4.99 Å². The van der Waals surface area contributed by atoms with Crippen molar-refractivity contribution in [1.82, 2.24) is 10.2 Å². The maximum Gasteiger partial charge on any atom is 0.242 e. The Bertz CT molecular complexity index is 793. The molecule has 2 N–H and O–H groups in total. The molecule has 0 aromatic heterocycles. The summed E-state index contributed by atoms with van der Waals surface area (Å²) in [6, 6.07) is 15.4. The number of nitrogens with one attached hydrogen (secondary N) is 2. The third kappa shape index (κ3) is 5.90. The molecular weight excluding hydrogens is 356 g/mol. The fourth-order valence-corrected chi connectivity index (χ4v) is 2.68. The van der Waals surface area contributed by atoms with Crippen LogP contribution >= 0.6 is 0 Å². The summed E-state index contributed by atoms with van der Waals surface area (Å²) < 4.78 is 10.5. The van der Waals surface area contributed by atoms with Crippen LogP contribution in [0.25, 0.3) is 0 Å². The number of benzene rings is 2. The van der Waals surface area contributed by atoms with Crippen molar-refractivity contribution >= 4 is 17.6 Å². The first-order chi connectivity index (χ1) is 13.6. The average molecular weight is 384 g/mol. The van der Waals surface area contributed by atoms with Crippen LogP contribution in [0.15, 0.2) is 53.5 Å². The second-order valence-corrected chi connectivity index (χ2v) is 6.01. The standard InChI is InChI=1S/C21H28N4O3/c1-5-25(15-16-9-7-6-8-10-16)20(26)14-23-21(22-2)24-17-11-12-18(27-3)19(13-17)28-4/h6-13H,5,14-15H2,1-4H3,(H2,22,23,24). The van der Waals surface area contributed by atoms with E-state index in [2.05, 4.69) is 15.6 Å². The number of carbonyl (C=O) groups excluding carboxylic acids is 1. The highest BCUT2D eigenvalue weighted by Gasteiger charge is 2.13. The maximum absolute atomic E-state index is 12.6. The highest BCUT2D eigenvalue weighted by atomic mass is 16.5. The molecule has 1 amide bonds. The lowest BCUT2D eigenvalue weighted by molar-refractivity contribution is -0.130. The quantitative estimate of drug-likeness (QED) is 0.541. The number of carbonyl (C=O) groups is 1. The van der Waals surface area contributed by atoms with Crippen LogP contribution in [0.1, 0.15) is 12.5 Å². The Hall–Kier alpha value is -3.22. The first-order valence-electron chi connectivity index (χ1n) is 9.12. The Balaban J connectivity index is 1.94. The molecule has 0 bridgehead atoms. The summed E-state index contributed by atoms with van der Waals surface area (Å²) >= 11 is 0. The second-order valence-electron chi connectivity index (χ2n) is 6.01. The molecule has 2 aromatic rings. The van der Waals surface area contributed by atoms with Gasteiger partial charge in [-0.05, 0) is 24.6 Å². The van der Waals surface area contributed by atoms with Crippen molar-refractivity contribution in [3.8, 4) is 11.5 Å². The highest BCUT2D eigenvalue weighted by molar-refractivity contribution is 5.96. The summed E-state index contributed by atoms with van der Waals surface area (Å²) in [5, 5.41) is 6.21. The third-order valence-electron chi connectivity index (χ3n) is 4.23. The number of rotatable bonds is 8. The van der Waals surface area contributed by atoms with E-state index in [4.69, 9.17) is 9.47 Å². The molecule has 0 aliphatic carbocycles.